The van der Waals surface area contributed by atoms with Gasteiger partial charge in [-0.15, -0.1) is 0 Å². The zero-order valence-electron chi connectivity index (χ0n) is 16.3. The molecule has 1 N–H and O–H groups in total. The summed E-state index contributed by atoms with van der Waals surface area (Å²) in [6.45, 7) is 10.2. The Morgan fingerprint density at radius 2 is 1.81 bits per heavy atom. The van der Waals surface area contributed by atoms with Crippen molar-refractivity contribution >= 4 is 17.3 Å². The van der Waals surface area contributed by atoms with Gasteiger partial charge in [-0.25, -0.2) is 0 Å². The predicted octanol–water partition coefficient (Wildman–Crippen LogP) is 3.29. The van der Waals surface area contributed by atoms with Gasteiger partial charge in [-0.05, 0) is 42.8 Å². The van der Waals surface area contributed by atoms with E-state index >= 15 is 0 Å². The number of rotatable bonds is 7. The van der Waals surface area contributed by atoms with Crippen molar-refractivity contribution in [1.82, 2.24) is 4.90 Å². The first-order chi connectivity index (χ1) is 13.2. The summed E-state index contributed by atoms with van der Waals surface area (Å²) < 4.78 is 5.51. The van der Waals surface area contributed by atoms with Gasteiger partial charge >= 0.3 is 0 Å². The Labute approximate surface area is 161 Å². The Morgan fingerprint density at radius 3 is 2.48 bits per heavy atom. The molecule has 1 saturated heterocycles. The zero-order chi connectivity index (χ0) is 19.1. The lowest BCUT2D eigenvalue weighted by molar-refractivity contribution is -0.121. The molecule has 0 aliphatic carbocycles. The Hall–Kier alpha value is -2.37. The van der Waals surface area contributed by atoms with Crippen LogP contribution in [-0.2, 0) is 16.1 Å². The van der Waals surface area contributed by atoms with Crippen LogP contribution in [0.2, 0.25) is 0 Å². The minimum Gasteiger partial charge on any atom is -0.369 e. The molecule has 1 aliphatic heterocycles. The summed E-state index contributed by atoms with van der Waals surface area (Å²) in [6, 6.07) is 16.1. The SMILES string of the molecule is CCN1CCN(c2ccc(NC(=O)COCc3ccccc3)c(C)c2)CC1. The van der Waals surface area contributed by atoms with Crippen molar-refractivity contribution in [3.05, 3.63) is 59.7 Å². The smallest absolute Gasteiger partial charge is 0.250 e. The van der Waals surface area contributed by atoms with Gasteiger partial charge < -0.3 is 19.9 Å². The maximum Gasteiger partial charge on any atom is 0.250 e. The van der Waals surface area contributed by atoms with Crippen molar-refractivity contribution in [1.29, 1.82) is 0 Å². The molecular weight excluding hydrogens is 338 g/mol. The molecule has 1 heterocycles. The minimum absolute atomic E-state index is 0.0507. The zero-order valence-corrected chi connectivity index (χ0v) is 16.3. The van der Waals surface area contributed by atoms with Gasteiger partial charge in [-0.2, -0.15) is 0 Å². The molecule has 1 aliphatic rings. The number of carbonyl (C=O) groups is 1. The minimum atomic E-state index is -0.127. The average Bonchev–Trinajstić information content (AvgIpc) is 2.70. The molecule has 0 radical (unpaired) electrons. The summed E-state index contributed by atoms with van der Waals surface area (Å²) in [5.74, 6) is -0.127. The number of aryl methyl sites for hydroxylation is 1. The molecule has 0 aromatic heterocycles. The van der Waals surface area contributed by atoms with Crippen LogP contribution in [0.4, 0.5) is 11.4 Å². The van der Waals surface area contributed by atoms with Gasteiger partial charge in [0.1, 0.15) is 6.61 Å². The quantitative estimate of drug-likeness (QED) is 0.816. The summed E-state index contributed by atoms with van der Waals surface area (Å²) >= 11 is 0. The number of anilines is 2. The maximum atomic E-state index is 12.2. The summed E-state index contributed by atoms with van der Waals surface area (Å²) in [5.41, 5.74) is 4.21. The maximum absolute atomic E-state index is 12.2. The molecule has 0 saturated carbocycles. The Bertz CT molecular complexity index is 740. The van der Waals surface area contributed by atoms with E-state index in [1.54, 1.807) is 0 Å². The molecule has 1 amide bonds. The van der Waals surface area contributed by atoms with Crippen LogP contribution in [0.5, 0.6) is 0 Å². The van der Waals surface area contributed by atoms with Gasteiger partial charge in [0, 0.05) is 37.6 Å². The molecule has 2 aromatic carbocycles. The van der Waals surface area contributed by atoms with E-state index in [0.717, 1.165) is 49.5 Å². The molecule has 27 heavy (non-hydrogen) atoms. The lowest BCUT2D eigenvalue weighted by Crippen LogP contribution is -2.46. The van der Waals surface area contributed by atoms with Crippen LogP contribution in [0.15, 0.2) is 48.5 Å². The molecule has 0 unspecified atom stereocenters. The molecule has 0 atom stereocenters. The first kappa shape index (κ1) is 19.4. The highest BCUT2D eigenvalue weighted by Crippen LogP contribution is 2.23. The Morgan fingerprint density at radius 1 is 1.07 bits per heavy atom. The van der Waals surface area contributed by atoms with Crippen LogP contribution in [0.25, 0.3) is 0 Å². The van der Waals surface area contributed by atoms with Crippen LogP contribution in [0.3, 0.4) is 0 Å². The van der Waals surface area contributed by atoms with E-state index in [2.05, 4.69) is 34.2 Å². The molecule has 3 rings (SSSR count). The topological polar surface area (TPSA) is 44.8 Å². The third kappa shape index (κ3) is 5.55. The lowest BCUT2D eigenvalue weighted by Gasteiger charge is -2.35. The largest absolute Gasteiger partial charge is 0.369 e. The average molecular weight is 367 g/mol. The molecule has 2 aromatic rings. The number of piperazine rings is 1. The fraction of sp³-hybridized carbons (Fsp3) is 0.409. The van der Waals surface area contributed by atoms with E-state index in [1.807, 2.05) is 43.3 Å². The van der Waals surface area contributed by atoms with E-state index in [4.69, 9.17) is 4.74 Å². The Kier molecular flexibility index (Phi) is 6.85. The normalized spacial score (nSPS) is 15.0. The highest BCUT2D eigenvalue weighted by Gasteiger charge is 2.16. The number of benzene rings is 2. The number of ether oxygens (including phenoxy) is 1. The number of hydrogen-bond donors (Lipinski definition) is 1. The third-order valence-corrected chi connectivity index (χ3v) is 5.01. The van der Waals surface area contributed by atoms with Crippen molar-refractivity contribution in [3.63, 3.8) is 0 Å². The molecule has 5 heteroatoms. The van der Waals surface area contributed by atoms with E-state index in [1.165, 1.54) is 5.69 Å². The van der Waals surface area contributed by atoms with Gasteiger partial charge in [-0.3, -0.25) is 4.79 Å². The fourth-order valence-electron chi connectivity index (χ4n) is 3.33. The first-order valence-electron chi connectivity index (χ1n) is 9.65. The van der Waals surface area contributed by atoms with Crippen molar-refractivity contribution < 1.29 is 9.53 Å². The number of likely N-dealkylation sites (N-methyl/N-ethyl adjacent to an activating group) is 1. The third-order valence-electron chi connectivity index (χ3n) is 5.01. The van der Waals surface area contributed by atoms with Crippen LogP contribution >= 0.6 is 0 Å². The second kappa shape index (κ2) is 9.53. The summed E-state index contributed by atoms with van der Waals surface area (Å²) in [5, 5.41) is 2.95. The second-order valence-corrected chi connectivity index (χ2v) is 6.95. The fourth-order valence-corrected chi connectivity index (χ4v) is 3.33. The molecular formula is C22H29N3O2. The number of hydrogen-bond acceptors (Lipinski definition) is 4. The van der Waals surface area contributed by atoms with Crippen LogP contribution in [0, 0.1) is 6.92 Å². The van der Waals surface area contributed by atoms with Crippen molar-refractivity contribution in [2.45, 2.75) is 20.5 Å². The van der Waals surface area contributed by atoms with E-state index in [0.29, 0.717) is 6.61 Å². The highest BCUT2D eigenvalue weighted by atomic mass is 16.5. The number of nitrogens with zero attached hydrogens (tertiary/aromatic N) is 2. The van der Waals surface area contributed by atoms with Crippen LogP contribution in [0.1, 0.15) is 18.1 Å². The summed E-state index contributed by atoms with van der Waals surface area (Å²) in [6.07, 6.45) is 0. The highest BCUT2D eigenvalue weighted by molar-refractivity contribution is 5.92. The van der Waals surface area contributed by atoms with Crippen molar-refractivity contribution in [2.75, 3.05) is 49.5 Å². The van der Waals surface area contributed by atoms with Gasteiger partial charge in [0.05, 0.1) is 6.61 Å². The second-order valence-electron chi connectivity index (χ2n) is 6.95. The monoisotopic (exact) mass is 367 g/mol. The summed E-state index contributed by atoms with van der Waals surface area (Å²) in [4.78, 5) is 17.0. The molecule has 0 bridgehead atoms. The summed E-state index contributed by atoms with van der Waals surface area (Å²) in [7, 11) is 0. The van der Waals surface area contributed by atoms with Crippen molar-refractivity contribution in [2.24, 2.45) is 0 Å². The molecule has 144 valence electrons. The number of nitrogens with one attached hydrogen (secondary N) is 1. The van der Waals surface area contributed by atoms with Crippen molar-refractivity contribution in [3.8, 4) is 0 Å². The van der Waals surface area contributed by atoms with Crippen LogP contribution < -0.4 is 10.2 Å². The van der Waals surface area contributed by atoms with Gasteiger partial charge in [0.2, 0.25) is 5.91 Å². The lowest BCUT2D eigenvalue weighted by atomic mass is 10.1. The van der Waals surface area contributed by atoms with E-state index < -0.39 is 0 Å². The molecule has 0 spiro atoms. The predicted molar refractivity (Wildman–Crippen MR) is 110 cm³/mol. The first-order valence-corrected chi connectivity index (χ1v) is 9.65. The van der Waals surface area contributed by atoms with Gasteiger partial charge in [0.15, 0.2) is 0 Å². The number of amides is 1. The van der Waals surface area contributed by atoms with Gasteiger partial charge in [-0.1, -0.05) is 37.3 Å². The molecule has 1 fully saturated rings. The number of carbonyl (C=O) groups excluding carboxylic acids is 1. The van der Waals surface area contributed by atoms with E-state index in [-0.39, 0.29) is 12.5 Å². The molecule has 5 nitrogen and oxygen atoms in total. The van der Waals surface area contributed by atoms with Gasteiger partial charge in [0.25, 0.3) is 0 Å². The van der Waals surface area contributed by atoms with Crippen LogP contribution in [-0.4, -0.2) is 50.1 Å². The standard InChI is InChI=1S/C22H29N3O2/c1-3-24-11-13-25(14-12-24)20-9-10-21(18(2)15-20)23-22(26)17-27-16-19-7-5-4-6-8-19/h4-10,15H,3,11-14,16-17H2,1-2H3,(H,23,26). The van der Waals surface area contributed by atoms with E-state index in [9.17, 15) is 4.79 Å². The Balaban J connectivity index is 1.49.